The highest BCUT2D eigenvalue weighted by atomic mass is 32.2. The van der Waals surface area contributed by atoms with E-state index in [1.165, 1.54) is 127 Å². The smallest absolute Gasteiger partial charge is 0.461 e. The van der Waals surface area contributed by atoms with Crippen molar-refractivity contribution in [1.82, 2.24) is 0 Å². The molecule has 7 heteroatoms. The third-order valence-corrected chi connectivity index (χ3v) is 12.3. The predicted octanol–water partition coefficient (Wildman–Crippen LogP) is 14.2. The van der Waals surface area contributed by atoms with Crippen molar-refractivity contribution in [2.45, 2.75) is 219 Å². The SMILES string of the molecule is CCCCCCCC/C=C\CCCCCCCC(=O)O[Si](C)(CCCCSC#N)OC(=O)CCCCCCC/C=C\CCCCCCCC. The van der Waals surface area contributed by atoms with Gasteiger partial charge in [-0.05, 0) is 88.8 Å². The van der Waals surface area contributed by atoms with E-state index in [2.05, 4.69) is 43.6 Å². The molecule has 0 amide bonds. The van der Waals surface area contributed by atoms with E-state index in [0.29, 0.717) is 18.9 Å². The summed E-state index contributed by atoms with van der Waals surface area (Å²) >= 11 is 1.24. The van der Waals surface area contributed by atoms with Crippen LogP contribution < -0.4 is 0 Å². The maximum Gasteiger partial charge on any atom is 0.461 e. The minimum atomic E-state index is -2.96. The maximum atomic E-state index is 12.8. The lowest BCUT2D eigenvalue weighted by Crippen LogP contribution is -2.42. The van der Waals surface area contributed by atoms with Crippen molar-refractivity contribution in [3.05, 3.63) is 24.3 Å². The number of thioether (sulfide) groups is 1. The lowest BCUT2D eigenvalue weighted by molar-refractivity contribution is -0.141. The number of unbranched alkanes of at least 4 members (excludes halogenated alkanes) is 23. The van der Waals surface area contributed by atoms with Gasteiger partial charge in [0.1, 0.15) is 5.40 Å². The first kappa shape index (κ1) is 47.5. The summed E-state index contributed by atoms with van der Waals surface area (Å²) in [5.74, 6) is 0.284. The quantitative estimate of drug-likeness (QED) is 0.0275. The van der Waals surface area contributed by atoms with Gasteiger partial charge in [0.05, 0.1) is 0 Å². The Balaban J connectivity index is 4.16. The van der Waals surface area contributed by atoms with Gasteiger partial charge >= 0.3 is 8.56 Å². The first-order valence-electron chi connectivity index (χ1n) is 20.7. The van der Waals surface area contributed by atoms with E-state index < -0.39 is 8.56 Å². The average molecular weight is 720 g/mol. The molecule has 0 fully saturated rings. The van der Waals surface area contributed by atoms with E-state index in [-0.39, 0.29) is 11.9 Å². The summed E-state index contributed by atoms with van der Waals surface area (Å²) < 4.78 is 11.9. The minimum absolute atomic E-state index is 0.230. The molecule has 0 N–H and O–H groups in total. The summed E-state index contributed by atoms with van der Waals surface area (Å²) in [7, 11) is -2.96. The number of nitriles is 1. The van der Waals surface area contributed by atoms with Crippen LogP contribution in [-0.2, 0) is 18.4 Å². The highest BCUT2D eigenvalue weighted by Gasteiger charge is 2.38. The third kappa shape index (κ3) is 36.1. The number of hydrogen-bond acceptors (Lipinski definition) is 6. The number of carbonyl (C=O) groups is 2. The van der Waals surface area contributed by atoms with Gasteiger partial charge in [-0.1, -0.05) is 141 Å². The largest absolute Gasteiger partial charge is 0.485 e. The van der Waals surface area contributed by atoms with Gasteiger partial charge in [0, 0.05) is 31.2 Å². The topological polar surface area (TPSA) is 76.4 Å². The van der Waals surface area contributed by atoms with Gasteiger partial charge < -0.3 is 8.85 Å². The fraction of sp³-hybridized carbons (Fsp3) is 0.833. The van der Waals surface area contributed by atoms with Gasteiger partial charge in [-0.2, -0.15) is 5.26 Å². The number of nitrogens with zero attached hydrogens (tertiary/aromatic N) is 1. The molecule has 0 aromatic rings. The Kier molecular flexibility index (Phi) is 36.6. The number of carbonyl (C=O) groups excluding carboxylic acids is 2. The van der Waals surface area contributed by atoms with Gasteiger partial charge in [0.15, 0.2) is 0 Å². The molecule has 284 valence electrons. The minimum Gasteiger partial charge on any atom is -0.485 e. The molecule has 5 nitrogen and oxygen atoms in total. The summed E-state index contributed by atoms with van der Waals surface area (Å²) in [6.07, 6.45) is 43.5. The van der Waals surface area contributed by atoms with Gasteiger partial charge in [-0.15, -0.1) is 0 Å². The van der Waals surface area contributed by atoms with Crippen LogP contribution in [0.15, 0.2) is 24.3 Å². The Hall–Kier alpha value is -1.52. The first-order chi connectivity index (χ1) is 24.0. The maximum absolute atomic E-state index is 12.8. The molecule has 0 aliphatic carbocycles. The predicted molar refractivity (Wildman–Crippen MR) is 215 cm³/mol. The molecule has 0 aromatic heterocycles. The van der Waals surface area contributed by atoms with Gasteiger partial charge in [0.2, 0.25) is 0 Å². The van der Waals surface area contributed by atoms with Crippen LogP contribution >= 0.6 is 11.8 Å². The van der Waals surface area contributed by atoms with Crippen LogP contribution in [0, 0.1) is 10.7 Å². The molecule has 0 radical (unpaired) electrons. The van der Waals surface area contributed by atoms with Crippen molar-refractivity contribution < 1.29 is 18.4 Å². The van der Waals surface area contributed by atoms with Crippen LogP contribution in [0.3, 0.4) is 0 Å². The molecule has 0 aliphatic rings. The van der Waals surface area contributed by atoms with Crippen LogP contribution in [0.5, 0.6) is 0 Å². The van der Waals surface area contributed by atoms with E-state index in [1.54, 1.807) is 0 Å². The Bertz CT molecular complexity index is 802. The highest BCUT2D eigenvalue weighted by molar-refractivity contribution is 8.03. The molecule has 0 saturated heterocycles. The summed E-state index contributed by atoms with van der Waals surface area (Å²) in [5, 5.41) is 10.9. The molecule has 0 aliphatic heterocycles. The van der Waals surface area contributed by atoms with Crippen molar-refractivity contribution in [3.63, 3.8) is 0 Å². The lowest BCUT2D eigenvalue weighted by Gasteiger charge is -2.26. The van der Waals surface area contributed by atoms with Crippen LogP contribution in [0.1, 0.15) is 206 Å². The Labute approximate surface area is 309 Å². The Morgan fingerprint density at radius 3 is 1.24 bits per heavy atom. The molecule has 0 unspecified atom stereocenters. The second kappa shape index (κ2) is 37.7. The molecular weight excluding hydrogens is 643 g/mol. The summed E-state index contributed by atoms with van der Waals surface area (Å²) in [6.45, 7) is 6.39. The van der Waals surface area contributed by atoms with Crippen molar-refractivity contribution in [2.24, 2.45) is 0 Å². The van der Waals surface area contributed by atoms with E-state index >= 15 is 0 Å². The zero-order valence-electron chi connectivity index (χ0n) is 32.4. The Morgan fingerprint density at radius 2 is 0.878 bits per heavy atom. The third-order valence-electron chi connectivity index (χ3n) is 9.14. The van der Waals surface area contributed by atoms with Crippen LogP contribution in [0.2, 0.25) is 12.6 Å². The average Bonchev–Trinajstić information content (AvgIpc) is 3.08. The van der Waals surface area contributed by atoms with E-state index in [0.717, 1.165) is 70.0 Å². The molecule has 0 spiro atoms. The summed E-state index contributed by atoms with van der Waals surface area (Å²) in [5.41, 5.74) is 0. The van der Waals surface area contributed by atoms with Crippen LogP contribution in [-0.4, -0.2) is 26.3 Å². The van der Waals surface area contributed by atoms with Crippen molar-refractivity contribution >= 4 is 32.3 Å². The number of hydrogen-bond donors (Lipinski definition) is 0. The van der Waals surface area contributed by atoms with Gasteiger partial charge in [-0.25, -0.2) is 0 Å². The van der Waals surface area contributed by atoms with Gasteiger partial charge in [0.25, 0.3) is 11.9 Å². The molecule has 0 rings (SSSR count). The molecule has 49 heavy (non-hydrogen) atoms. The summed E-state index contributed by atoms with van der Waals surface area (Å²) in [6, 6.07) is 0.592. The number of thiocyanates is 1. The fourth-order valence-corrected chi connectivity index (χ4v) is 8.80. The van der Waals surface area contributed by atoms with Crippen LogP contribution in [0.4, 0.5) is 0 Å². The van der Waals surface area contributed by atoms with E-state index in [9.17, 15) is 9.59 Å². The van der Waals surface area contributed by atoms with Crippen LogP contribution in [0.25, 0.3) is 0 Å². The molecular formula is C42H77NO4SSi. The second-order valence-corrected chi connectivity index (χ2v) is 18.2. The molecule has 0 aromatic carbocycles. The molecule has 0 atom stereocenters. The normalized spacial score (nSPS) is 11.8. The van der Waals surface area contributed by atoms with Crippen molar-refractivity contribution in [3.8, 4) is 5.40 Å². The molecule has 0 saturated carbocycles. The monoisotopic (exact) mass is 720 g/mol. The van der Waals surface area contributed by atoms with Crippen molar-refractivity contribution in [2.75, 3.05) is 5.75 Å². The second-order valence-electron chi connectivity index (χ2n) is 14.1. The lowest BCUT2D eigenvalue weighted by atomic mass is 10.1. The van der Waals surface area contributed by atoms with Gasteiger partial charge in [-0.3, -0.25) is 9.59 Å². The van der Waals surface area contributed by atoms with Crippen molar-refractivity contribution in [1.29, 1.82) is 5.26 Å². The number of allylic oxidation sites excluding steroid dienone is 4. The fourth-order valence-electron chi connectivity index (χ4n) is 6.05. The number of rotatable bonds is 37. The highest BCUT2D eigenvalue weighted by Crippen LogP contribution is 2.22. The van der Waals surface area contributed by atoms with E-state index in [1.807, 2.05) is 6.55 Å². The molecule has 0 heterocycles. The summed E-state index contributed by atoms with van der Waals surface area (Å²) in [4.78, 5) is 25.6. The zero-order valence-corrected chi connectivity index (χ0v) is 34.2. The molecule has 0 bridgehead atoms. The van der Waals surface area contributed by atoms with E-state index in [4.69, 9.17) is 14.1 Å². The first-order valence-corrected chi connectivity index (χ1v) is 24.2. The zero-order chi connectivity index (χ0) is 35.9. The Morgan fingerprint density at radius 1 is 0.531 bits per heavy atom. The standard InChI is InChI=1S/C42H77NO4SSi/c1-4-6-8-10-12-14-16-18-20-22-24-26-28-30-32-36-41(44)46-49(3,39-35-34-38-48-40-43)47-42(45)37-33-31-29-27-25-23-21-19-17-15-13-11-9-7-5-2/h18-21H,4-17,22-39H2,1-3H3/b20-18-,21-19-.